The van der Waals surface area contributed by atoms with E-state index in [1.54, 1.807) is 11.1 Å². The predicted octanol–water partition coefficient (Wildman–Crippen LogP) is 5.84. The van der Waals surface area contributed by atoms with Crippen molar-refractivity contribution in [2.75, 3.05) is 33.3 Å². The quantitative estimate of drug-likeness (QED) is 0.389. The highest BCUT2D eigenvalue weighted by molar-refractivity contribution is 9.10. The summed E-state index contributed by atoms with van der Waals surface area (Å²) in [4.78, 5) is 21.2. The molecular weight excluding hydrogens is 541 g/mol. The van der Waals surface area contributed by atoms with Crippen LogP contribution in [0.15, 0.2) is 16.7 Å². The largest absolute Gasteiger partial charge is 0.475 e. The molecule has 0 N–H and O–H groups in total. The molecule has 8 nitrogen and oxygen atoms in total. The van der Waals surface area contributed by atoms with Gasteiger partial charge < -0.3 is 19.3 Å². The zero-order valence-electron chi connectivity index (χ0n) is 22.2. The van der Waals surface area contributed by atoms with Crippen LogP contribution in [0, 0.1) is 12.7 Å². The molecule has 37 heavy (non-hydrogen) atoms. The summed E-state index contributed by atoms with van der Waals surface area (Å²) in [7, 11) is 2.10. The molecule has 2 saturated heterocycles. The van der Waals surface area contributed by atoms with Gasteiger partial charge in [0.1, 0.15) is 17.7 Å². The lowest BCUT2D eigenvalue weighted by molar-refractivity contribution is 0.0186. The standard InChI is InChI=1S/C27H35BrFN5O3/c1-16-13-19-23(22(29)21(16)28)31-25(36-15-18-7-6-10-32(18)5)20-14-30-34(24(19)20)17-8-11-33(12-9-17)26(35)37-27(2,3)4/h13-14,17-18H,6-12,15H2,1-5H3. The van der Waals surface area contributed by atoms with E-state index in [1.807, 2.05) is 38.4 Å². The number of hydrogen-bond acceptors (Lipinski definition) is 6. The summed E-state index contributed by atoms with van der Waals surface area (Å²) in [6.07, 6.45) is 5.15. The van der Waals surface area contributed by atoms with Gasteiger partial charge in [0, 0.05) is 24.5 Å². The molecule has 0 spiro atoms. The average molecular weight is 577 g/mol. The van der Waals surface area contributed by atoms with Gasteiger partial charge in [0.05, 0.1) is 27.6 Å². The topological polar surface area (TPSA) is 72.7 Å². The number of ether oxygens (including phenoxy) is 2. The number of carbonyl (C=O) groups excluding carboxylic acids is 1. The molecule has 10 heteroatoms. The summed E-state index contributed by atoms with van der Waals surface area (Å²) in [5.74, 6) is 0.0159. The first-order chi connectivity index (χ1) is 17.5. The minimum Gasteiger partial charge on any atom is -0.475 e. The molecule has 0 aliphatic carbocycles. The number of pyridine rings is 1. The average Bonchev–Trinajstić information content (AvgIpc) is 3.47. The van der Waals surface area contributed by atoms with Crippen molar-refractivity contribution in [3.05, 3.63) is 28.1 Å². The molecule has 2 fully saturated rings. The Hall–Kier alpha value is -2.46. The number of likely N-dealkylation sites (N-methyl/N-ethyl adjacent to an activating group) is 1. The van der Waals surface area contributed by atoms with E-state index in [1.165, 1.54) is 0 Å². The maximum absolute atomic E-state index is 15.5. The number of likely N-dealkylation sites (tertiary alicyclic amines) is 2. The molecule has 5 rings (SSSR count). The van der Waals surface area contributed by atoms with Crippen LogP contribution in [0.25, 0.3) is 21.8 Å². The number of piperidine rings is 1. The van der Waals surface area contributed by atoms with E-state index in [4.69, 9.17) is 14.6 Å². The molecule has 1 atom stereocenters. The fourth-order valence-corrected chi connectivity index (χ4v) is 5.66. The van der Waals surface area contributed by atoms with Crippen LogP contribution >= 0.6 is 15.9 Å². The van der Waals surface area contributed by atoms with Crippen molar-refractivity contribution >= 4 is 43.8 Å². The van der Waals surface area contributed by atoms with Crippen LogP contribution in [0.3, 0.4) is 0 Å². The summed E-state index contributed by atoms with van der Waals surface area (Å²) in [5.41, 5.74) is 1.36. The zero-order chi connectivity index (χ0) is 26.5. The van der Waals surface area contributed by atoms with Gasteiger partial charge >= 0.3 is 6.09 Å². The highest BCUT2D eigenvalue weighted by Gasteiger charge is 2.30. The van der Waals surface area contributed by atoms with Crippen LogP contribution in [0.2, 0.25) is 0 Å². The lowest BCUT2D eigenvalue weighted by atomic mass is 10.0. The predicted molar refractivity (Wildman–Crippen MR) is 145 cm³/mol. The molecule has 0 saturated carbocycles. The fraction of sp³-hybridized carbons (Fsp3) is 0.593. The first-order valence-electron chi connectivity index (χ1n) is 13.0. The van der Waals surface area contributed by atoms with Gasteiger partial charge in [-0.1, -0.05) is 0 Å². The smallest absolute Gasteiger partial charge is 0.410 e. The third-order valence-corrected chi connectivity index (χ3v) is 8.38. The first kappa shape index (κ1) is 26.2. The summed E-state index contributed by atoms with van der Waals surface area (Å²) < 4.78 is 29.6. The highest BCUT2D eigenvalue weighted by atomic mass is 79.9. The second-order valence-corrected chi connectivity index (χ2v) is 12.1. The van der Waals surface area contributed by atoms with Crippen LogP contribution in [0.1, 0.15) is 58.1 Å². The van der Waals surface area contributed by atoms with E-state index in [9.17, 15) is 4.79 Å². The number of aryl methyl sites for hydroxylation is 1. The SMILES string of the molecule is Cc1cc2c(nc(OCC3CCCN3C)c3cnn(C4CCN(C(=O)OC(C)(C)C)CC4)c32)c(F)c1Br. The monoisotopic (exact) mass is 575 g/mol. The van der Waals surface area contributed by atoms with Gasteiger partial charge in [-0.05, 0) is 94.5 Å². The van der Waals surface area contributed by atoms with E-state index in [2.05, 4.69) is 32.9 Å². The second kappa shape index (κ2) is 10.0. The molecule has 1 aromatic carbocycles. The van der Waals surface area contributed by atoms with Crippen molar-refractivity contribution in [2.24, 2.45) is 0 Å². The second-order valence-electron chi connectivity index (χ2n) is 11.3. The highest BCUT2D eigenvalue weighted by Crippen LogP contribution is 2.38. The summed E-state index contributed by atoms with van der Waals surface area (Å²) in [6, 6.07) is 2.33. The van der Waals surface area contributed by atoms with Crippen molar-refractivity contribution in [1.29, 1.82) is 0 Å². The first-order valence-corrected chi connectivity index (χ1v) is 13.8. The number of hydrogen-bond donors (Lipinski definition) is 0. The minimum atomic E-state index is -0.530. The van der Waals surface area contributed by atoms with Crippen LogP contribution in [-0.4, -0.2) is 75.6 Å². The summed E-state index contributed by atoms with van der Waals surface area (Å²) >= 11 is 3.38. The third-order valence-electron chi connectivity index (χ3n) is 7.40. The summed E-state index contributed by atoms with van der Waals surface area (Å²) in [5, 5.41) is 6.25. The van der Waals surface area contributed by atoms with Gasteiger partial charge in [-0.2, -0.15) is 5.10 Å². The normalized spacial score (nSPS) is 19.8. The van der Waals surface area contributed by atoms with Crippen LogP contribution in [0.4, 0.5) is 9.18 Å². The zero-order valence-corrected chi connectivity index (χ0v) is 23.8. The van der Waals surface area contributed by atoms with Crippen molar-refractivity contribution in [1.82, 2.24) is 24.6 Å². The summed E-state index contributed by atoms with van der Waals surface area (Å²) in [6.45, 7) is 10.2. The van der Waals surface area contributed by atoms with Gasteiger partial charge in [0.25, 0.3) is 0 Å². The number of benzene rings is 1. The van der Waals surface area contributed by atoms with Crippen molar-refractivity contribution in [3.63, 3.8) is 0 Å². The molecule has 2 aromatic heterocycles. The fourth-order valence-electron chi connectivity index (χ4n) is 5.35. The third kappa shape index (κ3) is 5.14. The van der Waals surface area contributed by atoms with Crippen LogP contribution < -0.4 is 4.74 Å². The van der Waals surface area contributed by atoms with E-state index in [-0.39, 0.29) is 17.7 Å². The molecular formula is C27H35BrFN5O3. The number of aromatic nitrogens is 3. The van der Waals surface area contributed by atoms with E-state index < -0.39 is 11.4 Å². The van der Waals surface area contributed by atoms with Crippen LogP contribution in [-0.2, 0) is 4.74 Å². The Morgan fingerprint density at radius 3 is 2.57 bits per heavy atom. The lowest BCUT2D eigenvalue weighted by Crippen LogP contribution is -2.42. The molecule has 0 radical (unpaired) electrons. The maximum atomic E-state index is 15.5. The van der Waals surface area contributed by atoms with E-state index in [0.29, 0.717) is 41.5 Å². The number of fused-ring (bicyclic) bond motifs is 3. The molecule has 1 unspecified atom stereocenters. The number of rotatable bonds is 4. The number of halogens is 2. The molecule has 2 aliphatic rings. The Morgan fingerprint density at radius 2 is 1.92 bits per heavy atom. The van der Waals surface area contributed by atoms with Crippen molar-refractivity contribution in [2.45, 2.75) is 71.1 Å². The van der Waals surface area contributed by atoms with E-state index in [0.717, 1.165) is 48.7 Å². The molecule has 0 bridgehead atoms. The Labute approximate surface area is 225 Å². The number of amides is 1. The van der Waals surface area contributed by atoms with Crippen molar-refractivity contribution in [3.8, 4) is 5.88 Å². The number of nitrogens with zero attached hydrogens (tertiary/aromatic N) is 5. The molecule has 4 heterocycles. The van der Waals surface area contributed by atoms with E-state index >= 15 is 4.39 Å². The maximum Gasteiger partial charge on any atom is 0.410 e. The van der Waals surface area contributed by atoms with Crippen molar-refractivity contribution < 1.29 is 18.7 Å². The Balaban J connectivity index is 1.49. The Bertz CT molecular complexity index is 1330. The van der Waals surface area contributed by atoms with Gasteiger partial charge in [-0.25, -0.2) is 14.2 Å². The molecule has 200 valence electrons. The molecule has 1 amide bonds. The van der Waals surface area contributed by atoms with Gasteiger partial charge in [-0.15, -0.1) is 0 Å². The Kier molecular flexibility index (Phi) is 7.08. The van der Waals surface area contributed by atoms with Gasteiger partial charge in [0.2, 0.25) is 5.88 Å². The van der Waals surface area contributed by atoms with Crippen LogP contribution in [0.5, 0.6) is 5.88 Å². The lowest BCUT2D eigenvalue weighted by Gasteiger charge is -2.33. The van der Waals surface area contributed by atoms with Gasteiger partial charge in [0.15, 0.2) is 5.82 Å². The molecule has 2 aliphatic heterocycles. The molecule has 3 aromatic rings. The number of carbonyl (C=O) groups is 1. The Morgan fingerprint density at radius 1 is 1.19 bits per heavy atom. The van der Waals surface area contributed by atoms with Gasteiger partial charge in [-0.3, -0.25) is 4.68 Å². The minimum absolute atomic E-state index is 0.0580.